The molecule has 0 bridgehead atoms. The molecular weight excluding hydrogens is 244 g/mol. The summed E-state index contributed by atoms with van der Waals surface area (Å²) in [5, 5.41) is 4.86. The van der Waals surface area contributed by atoms with Crippen molar-refractivity contribution in [3.8, 4) is 0 Å². The Bertz CT molecular complexity index is 894. The number of para-hydroxylation sites is 2. The van der Waals surface area contributed by atoms with Crippen molar-refractivity contribution in [1.82, 2.24) is 9.97 Å². The number of hydrogen-bond donors (Lipinski definition) is 0. The highest BCUT2D eigenvalue weighted by atomic mass is 14.7. The summed E-state index contributed by atoms with van der Waals surface area (Å²) in [6, 6.07) is 16.7. The Hall–Kier alpha value is -2.48. The van der Waals surface area contributed by atoms with Crippen LogP contribution >= 0.6 is 0 Å². The lowest BCUT2D eigenvalue weighted by molar-refractivity contribution is 1.23. The second-order valence-electron chi connectivity index (χ2n) is 5.18. The van der Waals surface area contributed by atoms with Gasteiger partial charge in [-0.3, -0.25) is 9.97 Å². The monoisotopic (exact) mass is 258 g/mol. The van der Waals surface area contributed by atoms with E-state index in [0.717, 1.165) is 22.4 Å². The Kier molecular flexibility index (Phi) is 2.27. The van der Waals surface area contributed by atoms with Crippen molar-refractivity contribution >= 4 is 32.6 Å². The molecular formula is C18H14N2. The number of fused-ring (bicyclic) bond motifs is 5. The predicted octanol–water partition coefficient (Wildman–Crippen LogP) is 4.55. The van der Waals surface area contributed by atoms with Crippen molar-refractivity contribution in [2.45, 2.75) is 13.8 Å². The highest BCUT2D eigenvalue weighted by Crippen LogP contribution is 2.33. The van der Waals surface area contributed by atoms with E-state index in [0.29, 0.717) is 0 Å². The summed E-state index contributed by atoms with van der Waals surface area (Å²) in [6.07, 6.45) is 0. The van der Waals surface area contributed by atoms with Crippen LogP contribution in [-0.4, -0.2) is 9.97 Å². The molecule has 0 aliphatic rings. The summed E-state index contributed by atoms with van der Waals surface area (Å²) in [4.78, 5) is 9.46. The van der Waals surface area contributed by atoms with Gasteiger partial charge in [0, 0.05) is 32.9 Å². The van der Waals surface area contributed by atoms with Crippen LogP contribution in [0.4, 0.5) is 0 Å². The second-order valence-corrected chi connectivity index (χ2v) is 5.18. The van der Waals surface area contributed by atoms with E-state index < -0.39 is 0 Å². The molecule has 0 radical (unpaired) electrons. The van der Waals surface area contributed by atoms with Gasteiger partial charge in [0.25, 0.3) is 0 Å². The Balaban J connectivity index is 2.44. The van der Waals surface area contributed by atoms with E-state index in [2.05, 4.69) is 50.2 Å². The first-order chi connectivity index (χ1) is 9.75. The van der Waals surface area contributed by atoms with Crippen molar-refractivity contribution in [2.24, 2.45) is 0 Å². The van der Waals surface area contributed by atoms with E-state index in [1.165, 1.54) is 21.5 Å². The summed E-state index contributed by atoms with van der Waals surface area (Å²) < 4.78 is 0. The molecule has 4 rings (SSSR count). The Labute approximate surface area is 117 Å². The van der Waals surface area contributed by atoms with Gasteiger partial charge in [0.1, 0.15) is 0 Å². The first-order valence-corrected chi connectivity index (χ1v) is 6.80. The highest BCUT2D eigenvalue weighted by molar-refractivity contribution is 6.19. The molecule has 0 atom stereocenters. The SMILES string of the molecule is Cc1nc2ccccc2c2c1c(C)nc1ccccc12. The van der Waals surface area contributed by atoms with Crippen molar-refractivity contribution in [2.75, 3.05) is 0 Å². The quantitative estimate of drug-likeness (QED) is 0.432. The van der Waals surface area contributed by atoms with Gasteiger partial charge in [0.05, 0.1) is 11.0 Å². The average molecular weight is 258 g/mol. The lowest BCUT2D eigenvalue weighted by Crippen LogP contribution is -1.94. The van der Waals surface area contributed by atoms with Crippen LogP contribution in [0.15, 0.2) is 48.5 Å². The molecule has 2 heterocycles. The zero-order valence-corrected chi connectivity index (χ0v) is 11.5. The molecule has 4 aromatic rings. The minimum atomic E-state index is 1.05. The van der Waals surface area contributed by atoms with Gasteiger partial charge < -0.3 is 0 Å². The lowest BCUT2D eigenvalue weighted by atomic mass is 9.99. The van der Waals surface area contributed by atoms with E-state index in [9.17, 15) is 0 Å². The number of hydrogen-bond acceptors (Lipinski definition) is 2. The largest absolute Gasteiger partial charge is 0.252 e. The molecule has 0 aliphatic heterocycles. The zero-order chi connectivity index (χ0) is 13.7. The maximum absolute atomic E-state index is 4.73. The van der Waals surface area contributed by atoms with Gasteiger partial charge in [0.15, 0.2) is 0 Å². The summed E-state index contributed by atoms with van der Waals surface area (Å²) in [6.45, 7) is 4.14. The third kappa shape index (κ3) is 1.45. The first kappa shape index (κ1) is 11.4. The summed E-state index contributed by atoms with van der Waals surface area (Å²) in [5.74, 6) is 0. The fraction of sp³-hybridized carbons (Fsp3) is 0.111. The number of aryl methyl sites for hydroxylation is 2. The first-order valence-electron chi connectivity index (χ1n) is 6.80. The smallest absolute Gasteiger partial charge is 0.0711 e. The van der Waals surface area contributed by atoms with Gasteiger partial charge in [-0.05, 0) is 26.0 Å². The lowest BCUT2D eigenvalue weighted by Gasteiger charge is -2.11. The minimum Gasteiger partial charge on any atom is -0.252 e. The van der Waals surface area contributed by atoms with Gasteiger partial charge >= 0.3 is 0 Å². The Morgan fingerprint density at radius 3 is 1.55 bits per heavy atom. The second kappa shape index (κ2) is 4.01. The van der Waals surface area contributed by atoms with Gasteiger partial charge in [-0.1, -0.05) is 36.4 Å². The standard InChI is InChI=1S/C18H14N2/c1-11-17-12(2)20-16-10-6-4-8-14(16)18(17)13-7-3-5-9-15(13)19-11/h3-10H,1-2H3. The van der Waals surface area contributed by atoms with Gasteiger partial charge in [-0.15, -0.1) is 0 Å². The molecule has 2 aromatic carbocycles. The molecule has 0 N–H and O–H groups in total. The van der Waals surface area contributed by atoms with Crippen LogP contribution in [0.25, 0.3) is 32.6 Å². The molecule has 2 nitrogen and oxygen atoms in total. The summed E-state index contributed by atoms with van der Waals surface area (Å²) in [7, 11) is 0. The molecule has 0 unspecified atom stereocenters. The van der Waals surface area contributed by atoms with Crippen molar-refractivity contribution in [3.63, 3.8) is 0 Å². The van der Waals surface area contributed by atoms with E-state index in [4.69, 9.17) is 9.97 Å². The third-order valence-electron chi connectivity index (χ3n) is 3.90. The normalized spacial score (nSPS) is 11.5. The Morgan fingerprint density at radius 1 is 0.600 bits per heavy atom. The van der Waals surface area contributed by atoms with Gasteiger partial charge in [-0.2, -0.15) is 0 Å². The van der Waals surface area contributed by atoms with E-state index in [-0.39, 0.29) is 0 Å². The summed E-state index contributed by atoms with van der Waals surface area (Å²) in [5.41, 5.74) is 4.20. The van der Waals surface area contributed by atoms with Gasteiger partial charge in [0.2, 0.25) is 0 Å². The highest BCUT2D eigenvalue weighted by Gasteiger charge is 2.12. The fourth-order valence-corrected chi connectivity index (χ4v) is 3.08. The van der Waals surface area contributed by atoms with Crippen LogP contribution in [-0.2, 0) is 0 Å². The molecule has 20 heavy (non-hydrogen) atoms. The minimum absolute atomic E-state index is 1.05. The number of nitrogens with zero attached hydrogens (tertiary/aromatic N) is 2. The molecule has 2 heteroatoms. The number of aromatic nitrogens is 2. The molecule has 96 valence electrons. The molecule has 2 aromatic heterocycles. The van der Waals surface area contributed by atoms with Gasteiger partial charge in [-0.25, -0.2) is 0 Å². The molecule has 0 spiro atoms. The molecule has 0 fully saturated rings. The molecule has 0 saturated heterocycles. The zero-order valence-electron chi connectivity index (χ0n) is 11.5. The maximum atomic E-state index is 4.73. The molecule has 0 amide bonds. The third-order valence-corrected chi connectivity index (χ3v) is 3.90. The maximum Gasteiger partial charge on any atom is 0.0711 e. The van der Waals surface area contributed by atoms with Crippen LogP contribution in [0.3, 0.4) is 0 Å². The van der Waals surface area contributed by atoms with Crippen LogP contribution in [0, 0.1) is 13.8 Å². The number of benzene rings is 2. The number of rotatable bonds is 0. The van der Waals surface area contributed by atoms with Crippen LogP contribution < -0.4 is 0 Å². The van der Waals surface area contributed by atoms with E-state index >= 15 is 0 Å². The van der Waals surface area contributed by atoms with E-state index in [1.807, 2.05) is 12.1 Å². The molecule has 0 saturated carbocycles. The Morgan fingerprint density at radius 2 is 1.05 bits per heavy atom. The predicted molar refractivity (Wildman–Crippen MR) is 84.0 cm³/mol. The molecule has 0 aliphatic carbocycles. The average Bonchev–Trinajstić information content (AvgIpc) is 2.46. The van der Waals surface area contributed by atoms with Crippen molar-refractivity contribution in [3.05, 3.63) is 59.9 Å². The van der Waals surface area contributed by atoms with Crippen LogP contribution in [0.1, 0.15) is 11.4 Å². The fourth-order valence-electron chi connectivity index (χ4n) is 3.08. The van der Waals surface area contributed by atoms with Crippen LogP contribution in [0.5, 0.6) is 0 Å². The van der Waals surface area contributed by atoms with Crippen LogP contribution in [0.2, 0.25) is 0 Å². The number of pyridine rings is 2. The van der Waals surface area contributed by atoms with Crippen molar-refractivity contribution in [1.29, 1.82) is 0 Å². The van der Waals surface area contributed by atoms with E-state index in [1.54, 1.807) is 0 Å². The van der Waals surface area contributed by atoms with Crippen molar-refractivity contribution < 1.29 is 0 Å². The topological polar surface area (TPSA) is 25.8 Å². The summed E-state index contributed by atoms with van der Waals surface area (Å²) >= 11 is 0.